The van der Waals surface area contributed by atoms with Crippen molar-refractivity contribution in [2.24, 2.45) is 0 Å². The maximum absolute atomic E-state index is 10.8. The summed E-state index contributed by atoms with van der Waals surface area (Å²) in [6.07, 6.45) is 0. The van der Waals surface area contributed by atoms with Crippen molar-refractivity contribution in [2.45, 2.75) is 62.3 Å². The van der Waals surface area contributed by atoms with Crippen molar-refractivity contribution >= 4 is 43.6 Å². The minimum atomic E-state index is 0.573. The van der Waals surface area contributed by atoms with E-state index in [2.05, 4.69) is 266 Å². The summed E-state index contributed by atoms with van der Waals surface area (Å²) in [5, 5.41) is 25.4. The van der Waals surface area contributed by atoms with Crippen molar-refractivity contribution in [2.75, 3.05) is 0 Å². The molecule has 0 radical (unpaired) electrons. The molecule has 388 valence electrons. The second kappa shape index (κ2) is 19.7. The Morgan fingerprint density at radius 3 is 0.852 bits per heavy atom. The molecule has 0 fully saturated rings. The van der Waals surface area contributed by atoms with Gasteiger partial charge in [-0.05, 0) is 202 Å². The summed E-state index contributed by atoms with van der Waals surface area (Å²) < 4.78 is 4.84. The van der Waals surface area contributed by atoms with Crippen LogP contribution in [0.1, 0.15) is 61.2 Å². The molecule has 4 nitrogen and oxygen atoms in total. The molecule has 2 aromatic heterocycles. The topological polar surface area (TPSA) is 57.4 Å². The van der Waals surface area contributed by atoms with Gasteiger partial charge in [0.05, 0.1) is 56.7 Å². The van der Waals surface area contributed by atoms with E-state index in [0.29, 0.717) is 11.1 Å². The van der Waals surface area contributed by atoms with Crippen LogP contribution in [0, 0.1) is 85.0 Å². The molecule has 0 N–H and O–H groups in total. The maximum Gasteiger partial charge on any atom is 0.0992 e. The monoisotopic (exact) mass is 1040 g/mol. The van der Waals surface area contributed by atoms with Gasteiger partial charge in [0.1, 0.15) is 0 Å². The minimum Gasteiger partial charge on any atom is -0.309 e. The fourth-order valence-corrected chi connectivity index (χ4v) is 13.0. The molecule has 0 atom stereocenters. The normalized spacial score (nSPS) is 11.5. The molecule has 0 saturated carbocycles. The van der Waals surface area contributed by atoms with E-state index in [9.17, 15) is 10.5 Å². The molecule has 0 saturated heterocycles. The van der Waals surface area contributed by atoms with Crippen LogP contribution in [-0.4, -0.2) is 9.13 Å². The molecule has 0 spiro atoms. The lowest BCUT2D eigenvalue weighted by Gasteiger charge is -2.20. The zero-order chi connectivity index (χ0) is 56.0. The van der Waals surface area contributed by atoms with Crippen molar-refractivity contribution < 1.29 is 0 Å². The largest absolute Gasteiger partial charge is 0.309 e. The van der Waals surface area contributed by atoms with Gasteiger partial charge >= 0.3 is 0 Å². The van der Waals surface area contributed by atoms with Gasteiger partial charge in [-0.3, -0.25) is 0 Å². The van der Waals surface area contributed by atoms with Gasteiger partial charge < -0.3 is 9.13 Å². The molecule has 11 aromatic carbocycles. The highest BCUT2D eigenvalue weighted by molar-refractivity contribution is 6.14. The van der Waals surface area contributed by atoms with Crippen LogP contribution in [0.2, 0.25) is 0 Å². The molecule has 0 amide bonds. The highest BCUT2D eigenvalue weighted by Gasteiger charge is 2.24. The van der Waals surface area contributed by atoms with Crippen LogP contribution in [0.5, 0.6) is 0 Å². The number of hydrogen-bond acceptors (Lipinski definition) is 2. The first-order valence-corrected chi connectivity index (χ1v) is 27.9. The number of nitrogens with zero attached hydrogens (tertiary/aromatic N) is 4. The van der Waals surface area contributed by atoms with Crippen molar-refractivity contribution in [3.63, 3.8) is 0 Å². The molecule has 81 heavy (non-hydrogen) atoms. The summed E-state index contributed by atoms with van der Waals surface area (Å²) in [5.41, 5.74) is 31.7. The Labute approximate surface area is 474 Å². The van der Waals surface area contributed by atoms with Crippen molar-refractivity contribution in [1.29, 1.82) is 10.5 Å². The van der Waals surface area contributed by atoms with E-state index in [0.717, 1.165) is 105 Å². The zero-order valence-corrected chi connectivity index (χ0v) is 47.3. The number of aryl methyl sites for hydroxylation is 9. The van der Waals surface area contributed by atoms with Gasteiger partial charge in [-0.25, -0.2) is 0 Å². The van der Waals surface area contributed by atoms with Gasteiger partial charge in [-0.2, -0.15) is 10.5 Å². The quantitative estimate of drug-likeness (QED) is 0.152. The number of aromatic nitrogens is 2. The van der Waals surface area contributed by atoms with E-state index >= 15 is 0 Å². The highest BCUT2D eigenvalue weighted by atomic mass is 15.0. The lowest BCUT2D eigenvalue weighted by molar-refractivity contribution is 1.16. The van der Waals surface area contributed by atoms with Crippen molar-refractivity contribution in [3.05, 3.63) is 261 Å². The number of benzene rings is 11. The van der Waals surface area contributed by atoms with Gasteiger partial charge in [0.15, 0.2) is 0 Å². The SMILES string of the molecule is Cc1cc(C)cc(-c2ccc3c(c2)c2cc(-c4cc(C)cc(C)c4)ccc2n3-c2cc(C#N)ccc2-c2ccc(-c3ccc(C#N)cc3C)cc2-n2c3ccc(-c4cc(C)cc(C)c4)cc3c3cc(-c4cc(C)cc(C)c4)ccc32)c1. The highest BCUT2D eigenvalue weighted by Crippen LogP contribution is 2.45. The fraction of sp³-hybridized carbons (Fsp3) is 0.117. The first-order chi connectivity index (χ1) is 39.2. The molecule has 4 heteroatoms. The molecule has 0 aliphatic heterocycles. The second-order valence-electron chi connectivity index (χ2n) is 22.8. The first-order valence-electron chi connectivity index (χ1n) is 27.9. The summed E-state index contributed by atoms with van der Waals surface area (Å²) in [6.45, 7) is 19.4. The third-order valence-electron chi connectivity index (χ3n) is 16.3. The van der Waals surface area contributed by atoms with Gasteiger partial charge in [0.25, 0.3) is 0 Å². The summed E-state index contributed by atoms with van der Waals surface area (Å²) >= 11 is 0. The number of fused-ring (bicyclic) bond motifs is 6. The van der Waals surface area contributed by atoms with Gasteiger partial charge in [-0.15, -0.1) is 0 Å². The number of rotatable bonds is 8. The first kappa shape index (κ1) is 50.5. The summed E-state index contributed by atoms with van der Waals surface area (Å²) in [6, 6.07) is 78.7. The van der Waals surface area contributed by atoms with Gasteiger partial charge in [0.2, 0.25) is 0 Å². The van der Waals surface area contributed by atoms with Crippen LogP contribution < -0.4 is 0 Å². The second-order valence-corrected chi connectivity index (χ2v) is 22.8. The van der Waals surface area contributed by atoms with E-state index < -0.39 is 0 Å². The van der Waals surface area contributed by atoms with Crippen LogP contribution >= 0.6 is 0 Å². The van der Waals surface area contributed by atoms with Crippen LogP contribution in [0.25, 0.3) is 122 Å². The lowest BCUT2D eigenvalue weighted by atomic mass is 9.93. The Balaban J connectivity index is 1.12. The zero-order valence-electron chi connectivity index (χ0n) is 47.3. The molecule has 13 aromatic rings. The average Bonchev–Trinajstić information content (AvgIpc) is 3.46. The van der Waals surface area contributed by atoms with Crippen LogP contribution in [0.15, 0.2) is 200 Å². The molecule has 2 heterocycles. The third kappa shape index (κ3) is 9.06. The Morgan fingerprint density at radius 2 is 0.531 bits per heavy atom. The summed E-state index contributed by atoms with van der Waals surface area (Å²) in [4.78, 5) is 0. The molecule has 0 bridgehead atoms. The van der Waals surface area contributed by atoms with Crippen molar-refractivity contribution in [3.8, 4) is 90.3 Å². The molecule has 0 aliphatic carbocycles. The standard InChI is InChI=1S/C77H60N4/c1-45-24-46(2)29-61(28-45)56-13-20-72-68(38-56)69-39-57(62-30-47(3)25-48(4)31-62)14-21-73(69)80(72)76-37-55(44-79)11-18-66(76)67-19-12-60(65-17-10-54(43-78)36-53(65)9)42-77(67)81-74-22-15-58(63-32-49(5)26-50(6)33-63)40-70(74)71-41-59(16-23-75(71)81)64-34-51(7)27-52(8)35-64/h10-42H,1-9H3. The average molecular weight is 1040 g/mol. The third-order valence-corrected chi connectivity index (χ3v) is 16.3. The Kier molecular flexibility index (Phi) is 12.3. The molecular weight excluding hydrogens is 981 g/mol. The maximum atomic E-state index is 10.8. The predicted octanol–water partition coefficient (Wildman–Crippen LogP) is 20.4. The van der Waals surface area contributed by atoms with E-state index in [1.54, 1.807) is 0 Å². The molecular formula is C77H60N4. The van der Waals surface area contributed by atoms with E-state index in [-0.39, 0.29) is 0 Å². The Hall–Kier alpha value is -10.0. The molecule has 13 rings (SSSR count). The number of nitriles is 2. The van der Waals surface area contributed by atoms with Crippen molar-refractivity contribution in [1.82, 2.24) is 9.13 Å². The molecule has 0 unspecified atom stereocenters. The van der Waals surface area contributed by atoms with E-state index in [1.807, 2.05) is 18.2 Å². The number of hydrogen-bond donors (Lipinski definition) is 0. The van der Waals surface area contributed by atoms with Crippen LogP contribution in [0.4, 0.5) is 0 Å². The van der Waals surface area contributed by atoms with Gasteiger partial charge in [0, 0.05) is 32.7 Å². The van der Waals surface area contributed by atoms with E-state index in [4.69, 9.17) is 0 Å². The summed E-state index contributed by atoms with van der Waals surface area (Å²) in [5.74, 6) is 0. The van der Waals surface area contributed by atoms with Crippen LogP contribution in [-0.2, 0) is 0 Å². The smallest absolute Gasteiger partial charge is 0.0992 e. The predicted molar refractivity (Wildman–Crippen MR) is 340 cm³/mol. The molecule has 0 aliphatic rings. The Bertz CT molecular complexity index is 4590. The lowest BCUT2D eigenvalue weighted by Crippen LogP contribution is -2.03. The Morgan fingerprint density at radius 1 is 0.247 bits per heavy atom. The fourth-order valence-electron chi connectivity index (χ4n) is 13.0. The minimum absolute atomic E-state index is 0.573. The van der Waals surface area contributed by atoms with Crippen LogP contribution in [0.3, 0.4) is 0 Å². The van der Waals surface area contributed by atoms with Gasteiger partial charge in [-0.1, -0.05) is 166 Å². The summed E-state index contributed by atoms with van der Waals surface area (Å²) in [7, 11) is 0. The van der Waals surface area contributed by atoms with E-state index in [1.165, 1.54) is 66.8 Å².